The summed E-state index contributed by atoms with van der Waals surface area (Å²) in [5, 5.41) is 12.3. The fraction of sp³-hybridized carbons (Fsp3) is 0.211. The highest BCUT2D eigenvalue weighted by Crippen LogP contribution is 2.37. The highest BCUT2D eigenvalue weighted by molar-refractivity contribution is 8.00. The molecule has 2 heterocycles. The Labute approximate surface area is 166 Å². The number of benzene rings is 2. The van der Waals surface area contributed by atoms with Gasteiger partial charge in [0.2, 0.25) is 11.1 Å². The molecule has 4 rings (SSSR count). The number of hydrogen-bond acceptors (Lipinski definition) is 5. The number of fused-ring (bicyclic) bond motifs is 1. The lowest BCUT2D eigenvalue weighted by atomic mass is 10.0. The summed E-state index contributed by atoms with van der Waals surface area (Å²) in [5.74, 6) is 0.742. The third-order valence-corrected chi connectivity index (χ3v) is 5.82. The first-order valence-electron chi connectivity index (χ1n) is 8.64. The molecule has 6 nitrogen and oxygen atoms in total. The third-order valence-electron chi connectivity index (χ3n) is 4.35. The summed E-state index contributed by atoms with van der Waals surface area (Å²) in [4.78, 5) is 13.1. The van der Waals surface area contributed by atoms with Crippen molar-refractivity contribution in [2.75, 3.05) is 10.7 Å². The molecule has 0 radical (unpaired) electrons. The predicted octanol–water partition coefficient (Wildman–Crippen LogP) is 3.89. The summed E-state index contributed by atoms with van der Waals surface area (Å²) >= 11 is 7.34. The standard InChI is InChI=1S/C19H18ClN5OS/c1-2-15-22-23-19-25(15)24-16(12-6-4-3-5-7-12)17(27-19)18(26)21-14-10-8-13(20)9-11-14/h3-11,16-17,24H,2H2,1H3,(H,21,26)/t16-,17-/m0/s1. The van der Waals surface area contributed by atoms with E-state index in [-0.39, 0.29) is 11.9 Å². The molecule has 138 valence electrons. The van der Waals surface area contributed by atoms with Crippen LogP contribution in [0, 0.1) is 0 Å². The van der Waals surface area contributed by atoms with Crippen LogP contribution in [0.4, 0.5) is 5.69 Å². The second-order valence-corrected chi connectivity index (χ2v) is 7.68. The van der Waals surface area contributed by atoms with Crippen LogP contribution in [0.5, 0.6) is 0 Å². The van der Waals surface area contributed by atoms with Gasteiger partial charge in [-0.3, -0.25) is 4.79 Å². The molecular formula is C19H18ClN5OS. The van der Waals surface area contributed by atoms with Crippen molar-refractivity contribution >= 4 is 35.0 Å². The molecule has 0 saturated carbocycles. The molecule has 2 N–H and O–H groups in total. The van der Waals surface area contributed by atoms with Crippen molar-refractivity contribution < 1.29 is 4.79 Å². The molecule has 2 atom stereocenters. The Bertz CT molecular complexity index is 944. The molecule has 8 heteroatoms. The fourth-order valence-corrected chi connectivity index (χ4v) is 4.21. The molecule has 1 aromatic heterocycles. The first kappa shape index (κ1) is 17.9. The first-order chi connectivity index (χ1) is 13.2. The quantitative estimate of drug-likeness (QED) is 0.696. The molecule has 0 aliphatic carbocycles. The van der Waals surface area contributed by atoms with Gasteiger partial charge in [-0.2, -0.15) is 0 Å². The largest absolute Gasteiger partial charge is 0.325 e. The summed E-state index contributed by atoms with van der Waals surface area (Å²) in [6.07, 6.45) is 0.754. The fourth-order valence-electron chi connectivity index (χ4n) is 2.98. The van der Waals surface area contributed by atoms with Crippen LogP contribution in [-0.4, -0.2) is 26.0 Å². The first-order valence-corrected chi connectivity index (χ1v) is 9.90. The van der Waals surface area contributed by atoms with Crippen molar-refractivity contribution in [2.24, 2.45) is 0 Å². The van der Waals surface area contributed by atoms with Crippen molar-refractivity contribution in [1.29, 1.82) is 0 Å². The number of aromatic nitrogens is 3. The lowest BCUT2D eigenvalue weighted by Gasteiger charge is -2.32. The second-order valence-electron chi connectivity index (χ2n) is 6.14. The maximum atomic E-state index is 13.1. The number of rotatable bonds is 4. The summed E-state index contributed by atoms with van der Waals surface area (Å²) in [7, 11) is 0. The SMILES string of the molecule is CCc1nnc2n1N[C@@H](c1ccccc1)[C@@H](C(=O)Nc1ccc(Cl)cc1)S2. The minimum absolute atomic E-state index is 0.101. The van der Waals surface area contributed by atoms with Crippen LogP contribution in [0.15, 0.2) is 59.8 Å². The molecule has 3 aromatic rings. The molecule has 0 unspecified atom stereocenters. The Balaban J connectivity index is 1.65. The van der Waals surface area contributed by atoms with Gasteiger partial charge in [0.25, 0.3) is 0 Å². The summed E-state index contributed by atoms with van der Waals surface area (Å²) in [5.41, 5.74) is 5.16. The van der Waals surface area contributed by atoms with E-state index in [4.69, 9.17) is 11.6 Å². The smallest absolute Gasteiger partial charge is 0.240 e. The van der Waals surface area contributed by atoms with Gasteiger partial charge in [0.1, 0.15) is 5.25 Å². The number of thioether (sulfide) groups is 1. The van der Waals surface area contributed by atoms with E-state index in [1.807, 2.05) is 41.9 Å². The topological polar surface area (TPSA) is 71.8 Å². The minimum Gasteiger partial charge on any atom is -0.325 e. The Morgan fingerprint density at radius 3 is 2.63 bits per heavy atom. The summed E-state index contributed by atoms with van der Waals surface area (Å²) in [6.45, 7) is 2.03. The summed E-state index contributed by atoms with van der Waals surface area (Å²) < 4.78 is 1.88. The van der Waals surface area contributed by atoms with Gasteiger partial charge in [-0.25, -0.2) is 4.68 Å². The van der Waals surface area contributed by atoms with Gasteiger partial charge in [-0.05, 0) is 29.8 Å². The Morgan fingerprint density at radius 2 is 1.93 bits per heavy atom. The number of carbonyl (C=O) groups excluding carboxylic acids is 1. The Kier molecular flexibility index (Phi) is 5.05. The monoisotopic (exact) mass is 399 g/mol. The number of carbonyl (C=O) groups is 1. The molecule has 0 saturated heterocycles. The maximum Gasteiger partial charge on any atom is 0.240 e. The van der Waals surface area contributed by atoms with E-state index < -0.39 is 5.25 Å². The number of anilines is 1. The van der Waals surface area contributed by atoms with Gasteiger partial charge in [-0.1, -0.05) is 60.6 Å². The highest BCUT2D eigenvalue weighted by Gasteiger charge is 2.37. The molecule has 0 bridgehead atoms. The molecule has 2 aromatic carbocycles. The lowest BCUT2D eigenvalue weighted by molar-refractivity contribution is -0.116. The van der Waals surface area contributed by atoms with Crippen LogP contribution < -0.4 is 10.7 Å². The van der Waals surface area contributed by atoms with E-state index in [0.717, 1.165) is 17.8 Å². The minimum atomic E-state index is -0.399. The van der Waals surface area contributed by atoms with Gasteiger partial charge in [0, 0.05) is 17.1 Å². The number of nitrogens with zero attached hydrogens (tertiary/aromatic N) is 3. The average Bonchev–Trinajstić information content (AvgIpc) is 3.11. The van der Waals surface area contributed by atoms with Crippen LogP contribution >= 0.6 is 23.4 Å². The van der Waals surface area contributed by atoms with E-state index in [2.05, 4.69) is 20.9 Å². The zero-order valence-corrected chi connectivity index (χ0v) is 16.2. The second kappa shape index (κ2) is 7.62. The van der Waals surface area contributed by atoms with E-state index >= 15 is 0 Å². The third kappa shape index (κ3) is 3.65. The molecular weight excluding hydrogens is 382 g/mol. The number of halogens is 1. The highest BCUT2D eigenvalue weighted by atomic mass is 35.5. The number of aryl methyl sites for hydroxylation is 1. The summed E-state index contributed by atoms with van der Waals surface area (Å²) in [6, 6.07) is 16.8. The molecule has 1 aliphatic heterocycles. The van der Waals surface area contributed by atoms with Crippen molar-refractivity contribution in [3.63, 3.8) is 0 Å². The van der Waals surface area contributed by atoms with Gasteiger partial charge in [0.05, 0.1) is 6.04 Å². The van der Waals surface area contributed by atoms with Gasteiger partial charge < -0.3 is 10.7 Å². The zero-order chi connectivity index (χ0) is 18.8. The van der Waals surface area contributed by atoms with E-state index in [0.29, 0.717) is 15.9 Å². The van der Waals surface area contributed by atoms with Gasteiger partial charge in [-0.15, -0.1) is 10.2 Å². The van der Waals surface area contributed by atoms with E-state index in [1.165, 1.54) is 11.8 Å². The lowest BCUT2D eigenvalue weighted by Crippen LogP contribution is -2.41. The van der Waals surface area contributed by atoms with Crippen LogP contribution in [0.1, 0.15) is 24.4 Å². The van der Waals surface area contributed by atoms with Crippen molar-refractivity contribution in [1.82, 2.24) is 14.9 Å². The van der Waals surface area contributed by atoms with Gasteiger partial charge in [0.15, 0.2) is 5.82 Å². The van der Waals surface area contributed by atoms with Crippen molar-refractivity contribution in [3.8, 4) is 0 Å². The van der Waals surface area contributed by atoms with E-state index in [1.54, 1.807) is 24.3 Å². The average molecular weight is 400 g/mol. The number of nitrogens with one attached hydrogen (secondary N) is 2. The van der Waals surface area contributed by atoms with Crippen LogP contribution in [0.25, 0.3) is 0 Å². The molecule has 1 aliphatic rings. The molecule has 0 fully saturated rings. The Morgan fingerprint density at radius 1 is 1.19 bits per heavy atom. The van der Waals surface area contributed by atoms with Crippen LogP contribution in [0.2, 0.25) is 5.02 Å². The van der Waals surface area contributed by atoms with Crippen LogP contribution in [-0.2, 0) is 11.2 Å². The normalized spacial score (nSPS) is 18.4. The number of hydrogen-bond donors (Lipinski definition) is 2. The molecule has 27 heavy (non-hydrogen) atoms. The molecule has 1 amide bonds. The van der Waals surface area contributed by atoms with Crippen LogP contribution in [0.3, 0.4) is 0 Å². The number of amides is 1. The van der Waals surface area contributed by atoms with Crippen molar-refractivity contribution in [3.05, 3.63) is 71.0 Å². The Hall–Kier alpha value is -2.51. The molecule has 0 spiro atoms. The maximum absolute atomic E-state index is 13.1. The predicted molar refractivity (Wildman–Crippen MR) is 108 cm³/mol. The van der Waals surface area contributed by atoms with E-state index in [9.17, 15) is 4.79 Å². The van der Waals surface area contributed by atoms with Gasteiger partial charge >= 0.3 is 0 Å². The van der Waals surface area contributed by atoms with Crippen molar-refractivity contribution in [2.45, 2.75) is 29.8 Å². The zero-order valence-electron chi connectivity index (χ0n) is 14.6.